The van der Waals surface area contributed by atoms with Gasteiger partial charge in [0.05, 0.1) is 17.8 Å². The molecule has 0 atom stereocenters. The first-order valence-electron chi connectivity index (χ1n) is 7.30. The lowest BCUT2D eigenvalue weighted by molar-refractivity contribution is -0.142. The number of hydrogen-bond donors (Lipinski definition) is 1. The zero-order valence-electron chi connectivity index (χ0n) is 12.0. The van der Waals surface area contributed by atoms with E-state index in [2.05, 4.69) is 10.1 Å². The Bertz CT molecular complexity index is 487. The molecule has 1 saturated carbocycles. The molecule has 1 aromatic rings. The van der Waals surface area contributed by atoms with Gasteiger partial charge in [0.1, 0.15) is 0 Å². The monoisotopic (exact) mass is 278 g/mol. The van der Waals surface area contributed by atoms with Crippen molar-refractivity contribution in [2.45, 2.75) is 38.3 Å². The highest BCUT2D eigenvalue weighted by Gasteiger charge is 2.43. The second kappa shape index (κ2) is 5.18. The van der Waals surface area contributed by atoms with Crippen LogP contribution in [0, 0.1) is 6.92 Å². The molecule has 2 N–H and O–H groups in total. The summed E-state index contributed by atoms with van der Waals surface area (Å²) >= 11 is 0. The van der Waals surface area contributed by atoms with Gasteiger partial charge in [0.25, 0.3) is 0 Å². The number of amides is 1. The predicted molar refractivity (Wildman–Crippen MR) is 73.9 cm³/mol. The van der Waals surface area contributed by atoms with Gasteiger partial charge in [-0.15, -0.1) is 0 Å². The van der Waals surface area contributed by atoms with E-state index in [1.807, 2.05) is 17.9 Å². The van der Waals surface area contributed by atoms with Crippen molar-refractivity contribution in [2.24, 2.45) is 5.73 Å². The lowest BCUT2D eigenvalue weighted by Crippen LogP contribution is -2.62. The number of piperazine rings is 1. The highest BCUT2D eigenvalue weighted by Crippen LogP contribution is 2.31. The Morgan fingerprint density at radius 1 is 1.40 bits per heavy atom. The van der Waals surface area contributed by atoms with Crippen LogP contribution < -0.4 is 5.73 Å². The van der Waals surface area contributed by atoms with Crippen molar-refractivity contribution in [2.75, 3.05) is 26.2 Å². The Hall–Kier alpha value is -1.40. The predicted octanol–water partition coefficient (Wildman–Crippen LogP) is 0.509. The lowest BCUT2D eigenvalue weighted by atomic mass is 9.76. The Morgan fingerprint density at radius 2 is 2.10 bits per heavy atom. The normalized spacial score (nSPS) is 22.6. The van der Waals surface area contributed by atoms with Crippen LogP contribution in [0.15, 0.2) is 10.6 Å². The third-order valence-corrected chi connectivity index (χ3v) is 4.39. The number of nitrogens with zero attached hydrogens (tertiary/aromatic N) is 3. The van der Waals surface area contributed by atoms with E-state index >= 15 is 0 Å². The number of aromatic nitrogens is 1. The maximum Gasteiger partial charge on any atom is 0.242 e. The number of hydrogen-bond acceptors (Lipinski definition) is 5. The van der Waals surface area contributed by atoms with E-state index in [0.29, 0.717) is 0 Å². The molecule has 3 rings (SSSR count). The number of carbonyl (C=O) groups excluding carboxylic acids is 1. The summed E-state index contributed by atoms with van der Waals surface area (Å²) in [5.41, 5.74) is 6.45. The fourth-order valence-electron chi connectivity index (χ4n) is 2.91. The first-order chi connectivity index (χ1) is 9.57. The van der Waals surface area contributed by atoms with Gasteiger partial charge >= 0.3 is 0 Å². The van der Waals surface area contributed by atoms with Crippen LogP contribution in [0.4, 0.5) is 0 Å². The van der Waals surface area contributed by atoms with Crippen molar-refractivity contribution < 1.29 is 9.32 Å². The van der Waals surface area contributed by atoms with E-state index in [0.717, 1.165) is 63.4 Å². The van der Waals surface area contributed by atoms with Gasteiger partial charge in [0.2, 0.25) is 5.91 Å². The van der Waals surface area contributed by atoms with Crippen LogP contribution in [0.1, 0.15) is 30.7 Å². The summed E-state index contributed by atoms with van der Waals surface area (Å²) in [6.45, 7) is 5.92. The van der Waals surface area contributed by atoms with E-state index < -0.39 is 5.54 Å². The summed E-state index contributed by atoms with van der Waals surface area (Å²) in [6, 6.07) is 1.96. The molecule has 0 bridgehead atoms. The second-order valence-corrected chi connectivity index (χ2v) is 6.01. The molecule has 20 heavy (non-hydrogen) atoms. The minimum Gasteiger partial charge on any atom is -0.360 e. The minimum absolute atomic E-state index is 0.138. The van der Waals surface area contributed by atoms with Crippen molar-refractivity contribution in [3.63, 3.8) is 0 Å². The van der Waals surface area contributed by atoms with E-state index in [1.54, 1.807) is 0 Å². The van der Waals surface area contributed by atoms with Crippen molar-refractivity contribution in [1.82, 2.24) is 15.0 Å². The molecule has 0 aromatic carbocycles. The fourth-order valence-corrected chi connectivity index (χ4v) is 2.91. The highest BCUT2D eigenvalue weighted by atomic mass is 16.5. The summed E-state index contributed by atoms with van der Waals surface area (Å²) < 4.78 is 5.23. The maximum absolute atomic E-state index is 12.3. The van der Waals surface area contributed by atoms with Crippen LogP contribution in [-0.2, 0) is 11.3 Å². The van der Waals surface area contributed by atoms with Gasteiger partial charge in [0, 0.05) is 32.2 Å². The zero-order chi connectivity index (χ0) is 14.2. The SMILES string of the molecule is Cc1cc(CN2CCN(C(=O)C3(N)CCC3)CC2)on1. The van der Waals surface area contributed by atoms with E-state index in [-0.39, 0.29) is 5.91 Å². The molecule has 1 aromatic heterocycles. The molecule has 110 valence electrons. The van der Waals surface area contributed by atoms with Crippen molar-refractivity contribution in [3.05, 3.63) is 17.5 Å². The van der Waals surface area contributed by atoms with Crippen LogP contribution in [0.2, 0.25) is 0 Å². The topological polar surface area (TPSA) is 75.6 Å². The van der Waals surface area contributed by atoms with E-state index in [1.165, 1.54) is 0 Å². The van der Waals surface area contributed by atoms with Crippen LogP contribution in [0.25, 0.3) is 0 Å². The van der Waals surface area contributed by atoms with E-state index in [4.69, 9.17) is 10.3 Å². The number of carbonyl (C=O) groups is 1. The molecule has 1 aliphatic heterocycles. The summed E-state index contributed by atoms with van der Waals surface area (Å²) in [6.07, 6.45) is 2.75. The average molecular weight is 278 g/mol. The van der Waals surface area contributed by atoms with Gasteiger partial charge < -0.3 is 15.2 Å². The van der Waals surface area contributed by atoms with Crippen LogP contribution in [0.3, 0.4) is 0 Å². The van der Waals surface area contributed by atoms with Gasteiger partial charge in [-0.3, -0.25) is 9.69 Å². The first-order valence-corrected chi connectivity index (χ1v) is 7.30. The quantitative estimate of drug-likeness (QED) is 0.872. The minimum atomic E-state index is -0.565. The molecule has 1 aliphatic carbocycles. The number of nitrogens with two attached hydrogens (primary N) is 1. The molecule has 2 aliphatic rings. The van der Waals surface area contributed by atoms with Crippen LogP contribution >= 0.6 is 0 Å². The van der Waals surface area contributed by atoms with Crippen molar-refractivity contribution >= 4 is 5.91 Å². The molecule has 6 heteroatoms. The Balaban J connectivity index is 1.50. The summed E-state index contributed by atoms with van der Waals surface area (Å²) in [7, 11) is 0. The fraction of sp³-hybridized carbons (Fsp3) is 0.714. The molecule has 2 fully saturated rings. The smallest absolute Gasteiger partial charge is 0.242 e. The molecule has 0 unspecified atom stereocenters. The standard InChI is InChI=1S/C14H22N4O2/c1-11-9-12(20-16-11)10-17-5-7-18(8-6-17)13(19)14(15)3-2-4-14/h9H,2-8,10,15H2,1H3. The molecule has 1 saturated heterocycles. The van der Waals surface area contributed by atoms with Crippen molar-refractivity contribution in [1.29, 1.82) is 0 Å². The summed E-state index contributed by atoms with van der Waals surface area (Å²) in [5.74, 6) is 1.02. The molecular weight excluding hydrogens is 256 g/mol. The Labute approximate surface area is 118 Å². The third-order valence-electron chi connectivity index (χ3n) is 4.39. The maximum atomic E-state index is 12.3. The van der Waals surface area contributed by atoms with Gasteiger partial charge in [-0.25, -0.2) is 0 Å². The molecular formula is C14H22N4O2. The number of rotatable bonds is 3. The summed E-state index contributed by atoms with van der Waals surface area (Å²) in [4.78, 5) is 16.5. The molecule has 0 spiro atoms. The number of aryl methyl sites for hydroxylation is 1. The molecule has 1 amide bonds. The van der Waals surface area contributed by atoms with Gasteiger partial charge in [-0.1, -0.05) is 5.16 Å². The average Bonchev–Trinajstić information content (AvgIpc) is 2.81. The zero-order valence-corrected chi connectivity index (χ0v) is 12.0. The molecule has 0 radical (unpaired) electrons. The largest absolute Gasteiger partial charge is 0.360 e. The molecule has 2 heterocycles. The van der Waals surface area contributed by atoms with E-state index in [9.17, 15) is 4.79 Å². The Morgan fingerprint density at radius 3 is 2.60 bits per heavy atom. The van der Waals surface area contributed by atoms with Crippen LogP contribution in [-0.4, -0.2) is 52.6 Å². The highest BCUT2D eigenvalue weighted by molar-refractivity contribution is 5.87. The molecule has 6 nitrogen and oxygen atoms in total. The van der Waals surface area contributed by atoms with Crippen molar-refractivity contribution in [3.8, 4) is 0 Å². The van der Waals surface area contributed by atoms with Gasteiger partial charge in [-0.2, -0.15) is 0 Å². The van der Waals surface area contributed by atoms with Crippen LogP contribution in [0.5, 0.6) is 0 Å². The second-order valence-electron chi connectivity index (χ2n) is 6.01. The lowest BCUT2D eigenvalue weighted by Gasteiger charge is -2.43. The van der Waals surface area contributed by atoms with Gasteiger partial charge in [-0.05, 0) is 26.2 Å². The summed E-state index contributed by atoms with van der Waals surface area (Å²) in [5, 5.41) is 3.89. The third kappa shape index (κ3) is 2.58. The van der Waals surface area contributed by atoms with Gasteiger partial charge in [0.15, 0.2) is 5.76 Å². The first kappa shape index (κ1) is 13.6. The Kier molecular flexibility index (Phi) is 3.52.